The molecule has 2 unspecified atom stereocenters. The fourth-order valence-corrected chi connectivity index (χ4v) is 3.11. The van der Waals surface area contributed by atoms with Crippen molar-refractivity contribution >= 4 is 11.6 Å². The zero-order valence-electron chi connectivity index (χ0n) is 13.4. The van der Waals surface area contributed by atoms with Crippen molar-refractivity contribution in [3.05, 3.63) is 34.6 Å². The number of nitrogens with one attached hydrogen (secondary N) is 1. The van der Waals surface area contributed by atoms with Crippen LogP contribution in [0.4, 0.5) is 4.39 Å². The second-order valence-corrected chi connectivity index (χ2v) is 7.47. The van der Waals surface area contributed by atoms with Crippen molar-refractivity contribution in [3.8, 4) is 0 Å². The van der Waals surface area contributed by atoms with Gasteiger partial charge < -0.3 is 5.32 Å². The van der Waals surface area contributed by atoms with Crippen LogP contribution in [0.25, 0.3) is 0 Å². The van der Waals surface area contributed by atoms with E-state index in [-0.39, 0.29) is 16.3 Å². The Morgan fingerprint density at radius 2 is 2.10 bits per heavy atom. The maximum atomic E-state index is 13.3. The van der Waals surface area contributed by atoms with E-state index in [1.54, 1.807) is 6.07 Å². The summed E-state index contributed by atoms with van der Waals surface area (Å²) in [5, 5.41) is 3.88. The van der Waals surface area contributed by atoms with E-state index < -0.39 is 0 Å². The Morgan fingerprint density at radius 3 is 2.67 bits per heavy atom. The molecule has 21 heavy (non-hydrogen) atoms. The third kappa shape index (κ3) is 4.18. The van der Waals surface area contributed by atoms with Gasteiger partial charge in [0.25, 0.3) is 0 Å². The minimum atomic E-state index is -0.347. The first kappa shape index (κ1) is 16.7. The smallest absolute Gasteiger partial charge is 0.141 e. The molecule has 1 aromatic rings. The van der Waals surface area contributed by atoms with Crippen LogP contribution in [0.5, 0.6) is 0 Å². The van der Waals surface area contributed by atoms with Crippen LogP contribution in [-0.4, -0.2) is 30.1 Å². The number of nitrogens with zero attached hydrogens (tertiary/aromatic N) is 1. The minimum Gasteiger partial charge on any atom is -0.311 e. The van der Waals surface area contributed by atoms with Crippen LogP contribution >= 0.6 is 11.6 Å². The number of hydrogen-bond donors (Lipinski definition) is 1. The first-order chi connectivity index (χ1) is 9.81. The van der Waals surface area contributed by atoms with Crippen LogP contribution in [0.2, 0.25) is 5.02 Å². The van der Waals surface area contributed by atoms with Crippen molar-refractivity contribution in [1.29, 1.82) is 0 Å². The predicted molar refractivity (Wildman–Crippen MR) is 87.1 cm³/mol. The van der Waals surface area contributed by atoms with Gasteiger partial charge in [0.05, 0.1) is 5.02 Å². The Hall–Kier alpha value is -0.640. The summed E-state index contributed by atoms with van der Waals surface area (Å²) in [7, 11) is 0. The third-order valence-corrected chi connectivity index (χ3v) is 4.71. The van der Waals surface area contributed by atoms with Gasteiger partial charge in [-0.3, -0.25) is 4.90 Å². The normalized spacial score (nSPS) is 24.3. The molecule has 2 nitrogen and oxygen atoms in total. The van der Waals surface area contributed by atoms with Crippen LogP contribution in [0.15, 0.2) is 18.2 Å². The molecule has 0 bridgehead atoms. The van der Waals surface area contributed by atoms with Crippen molar-refractivity contribution in [3.63, 3.8) is 0 Å². The van der Waals surface area contributed by atoms with Gasteiger partial charge in [-0.15, -0.1) is 0 Å². The van der Waals surface area contributed by atoms with Gasteiger partial charge in [-0.2, -0.15) is 0 Å². The first-order valence-corrected chi connectivity index (χ1v) is 8.10. The second-order valence-electron chi connectivity index (χ2n) is 7.07. The van der Waals surface area contributed by atoms with E-state index >= 15 is 0 Å². The zero-order chi connectivity index (χ0) is 15.6. The van der Waals surface area contributed by atoms with Gasteiger partial charge in [0.15, 0.2) is 0 Å². The molecule has 118 valence electrons. The monoisotopic (exact) mass is 312 g/mol. The van der Waals surface area contributed by atoms with Crippen LogP contribution < -0.4 is 5.32 Å². The average Bonchev–Trinajstić information content (AvgIpc) is 2.42. The molecule has 1 heterocycles. The van der Waals surface area contributed by atoms with Crippen LogP contribution in [0.3, 0.4) is 0 Å². The molecule has 0 spiro atoms. The highest BCUT2D eigenvalue weighted by Crippen LogP contribution is 2.26. The lowest BCUT2D eigenvalue weighted by atomic mass is 9.84. The largest absolute Gasteiger partial charge is 0.311 e. The van der Waals surface area contributed by atoms with Gasteiger partial charge in [0, 0.05) is 31.7 Å². The van der Waals surface area contributed by atoms with Crippen molar-refractivity contribution in [2.75, 3.05) is 13.1 Å². The summed E-state index contributed by atoms with van der Waals surface area (Å²) in [6, 6.07) is 6.03. The number of benzene rings is 1. The SMILES string of the molecule is CCC1CNC(C(C)(C)C)CN1Cc1ccc(F)c(Cl)c1. The highest BCUT2D eigenvalue weighted by molar-refractivity contribution is 6.30. The summed E-state index contributed by atoms with van der Waals surface area (Å²) in [5.41, 5.74) is 1.31. The lowest BCUT2D eigenvalue weighted by molar-refractivity contribution is 0.0775. The lowest BCUT2D eigenvalue weighted by Gasteiger charge is -2.45. The van der Waals surface area contributed by atoms with Crippen LogP contribution in [0, 0.1) is 11.2 Å². The maximum Gasteiger partial charge on any atom is 0.141 e. The molecule has 1 saturated heterocycles. The number of halogens is 2. The average molecular weight is 313 g/mol. The van der Waals surface area contributed by atoms with Crippen molar-refractivity contribution in [2.24, 2.45) is 5.41 Å². The maximum absolute atomic E-state index is 13.3. The molecule has 2 rings (SSSR count). The molecule has 0 amide bonds. The topological polar surface area (TPSA) is 15.3 Å². The molecule has 0 radical (unpaired) electrons. The summed E-state index contributed by atoms with van der Waals surface area (Å²) < 4.78 is 13.3. The molecule has 0 aliphatic carbocycles. The quantitative estimate of drug-likeness (QED) is 0.905. The fraction of sp³-hybridized carbons (Fsp3) is 0.647. The number of piperazine rings is 1. The Balaban J connectivity index is 2.12. The van der Waals surface area contributed by atoms with Gasteiger partial charge in [-0.05, 0) is 29.5 Å². The Kier molecular flexibility index (Phi) is 5.29. The molecule has 1 N–H and O–H groups in total. The Morgan fingerprint density at radius 1 is 1.38 bits per heavy atom. The molecule has 0 aromatic heterocycles. The van der Waals surface area contributed by atoms with E-state index in [2.05, 4.69) is 37.9 Å². The summed E-state index contributed by atoms with van der Waals surface area (Å²) in [5.74, 6) is -0.347. The highest BCUT2D eigenvalue weighted by atomic mass is 35.5. The zero-order valence-corrected chi connectivity index (χ0v) is 14.2. The summed E-state index contributed by atoms with van der Waals surface area (Å²) >= 11 is 5.90. The van der Waals surface area contributed by atoms with Gasteiger partial charge in [0.2, 0.25) is 0 Å². The summed E-state index contributed by atoms with van der Waals surface area (Å²) in [6.45, 7) is 11.9. The number of rotatable bonds is 3. The Bertz CT molecular complexity index is 484. The van der Waals surface area contributed by atoms with E-state index in [1.807, 2.05) is 6.07 Å². The van der Waals surface area contributed by atoms with Crippen LogP contribution in [0.1, 0.15) is 39.7 Å². The molecule has 1 aliphatic heterocycles. The van der Waals surface area contributed by atoms with Crippen molar-refractivity contribution < 1.29 is 4.39 Å². The highest BCUT2D eigenvalue weighted by Gasteiger charge is 2.33. The fourth-order valence-electron chi connectivity index (χ4n) is 2.90. The lowest BCUT2D eigenvalue weighted by Crippen LogP contribution is -2.59. The third-order valence-electron chi connectivity index (χ3n) is 4.42. The first-order valence-electron chi connectivity index (χ1n) is 7.72. The van der Waals surface area contributed by atoms with Crippen LogP contribution in [-0.2, 0) is 6.54 Å². The summed E-state index contributed by atoms with van der Waals surface area (Å²) in [4.78, 5) is 2.50. The minimum absolute atomic E-state index is 0.211. The van der Waals surface area contributed by atoms with E-state index in [0.717, 1.165) is 31.6 Å². The number of hydrogen-bond acceptors (Lipinski definition) is 2. The molecular formula is C17H26ClFN2. The molecule has 1 fully saturated rings. The van der Waals surface area contributed by atoms with Gasteiger partial charge in [-0.25, -0.2) is 4.39 Å². The molecule has 2 atom stereocenters. The Labute approximate surface area is 132 Å². The second kappa shape index (κ2) is 6.64. The molecule has 4 heteroatoms. The van der Waals surface area contributed by atoms with Crippen molar-refractivity contribution in [2.45, 2.75) is 52.7 Å². The van der Waals surface area contributed by atoms with Crippen molar-refractivity contribution in [1.82, 2.24) is 10.2 Å². The van der Waals surface area contributed by atoms with Gasteiger partial charge in [0.1, 0.15) is 5.82 Å². The molecule has 0 saturated carbocycles. The van der Waals surface area contributed by atoms with Gasteiger partial charge >= 0.3 is 0 Å². The molecular weight excluding hydrogens is 287 g/mol. The predicted octanol–water partition coefficient (Wildman–Crippen LogP) is 4.08. The molecule has 1 aromatic carbocycles. The standard InChI is InChI=1S/C17H26ClFN2/c1-5-13-9-20-16(17(2,3)4)11-21(13)10-12-6-7-15(19)14(18)8-12/h6-8,13,16,20H,5,9-11H2,1-4H3. The van der Waals surface area contributed by atoms with Gasteiger partial charge in [-0.1, -0.05) is 45.4 Å². The van der Waals surface area contributed by atoms with E-state index in [0.29, 0.717) is 12.1 Å². The summed E-state index contributed by atoms with van der Waals surface area (Å²) in [6.07, 6.45) is 1.11. The molecule has 1 aliphatic rings. The van der Waals surface area contributed by atoms with E-state index in [4.69, 9.17) is 11.6 Å². The van der Waals surface area contributed by atoms with E-state index in [9.17, 15) is 4.39 Å². The van der Waals surface area contributed by atoms with E-state index in [1.165, 1.54) is 6.07 Å².